The van der Waals surface area contributed by atoms with Crippen molar-refractivity contribution >= 4 is 58.8 Å². The predicted molar refractivity (Wildman–Crippen MR) is 124 cm³/mol. The second-order valence-corrected chi connectivity index (χ2v) is 8.77. The summed E-state index contributed by atoms with van der Waals surface area (Å²) in [4.78, 5) is 50.2. The largest absolute Gasteiger partial charge is 0.358 e. The van der Waals surface area contributed by atoms with Crippen molar-refractivity contribution in [1.29, 1.82) is 0 Å². The van der Waals surface area contributed by atoms with Crippen LogP contribution in [0.1, 0.15) is 45.8 Å². The van der Waals surface area contributed by atoms with Crippen LogP contribution in [0.5, 0.6) is 0 Å². The molecule has 35 heavy (non-hydrogen) atoms. The van der Waals surface area contributed by atoms with E-state index in [9.17, 15) is 28.0 Å². The first kappa shape index (κ1) is 25.0. The highest BCUT2D eigenvalue weighted by molar-refractivity contribution is 6.40. The van der Waals surface area contributed by atoms with Crippen LogP contribution in [0.2, 0.25) is 5.02 Å². The molecule has 4 rings (SSSR count). The molecule has 0 aliphatic carbocycles. The van der Waals surface area contributed by atoms with Gasteiger partial charge in [0, 0.05) is 28.5 Å². The zero-order chi connectivity index (χ0) is 25.7. The van der Waals surface area contributed by atoms with E-state index in [2.05, 4.69) is 5.32 Å². The first-order valence-corrected chi connectivity index (χ1v) is 10.8. The summed E-state index contributed by atoms with van der Waals surface area (Å²) >= 11 is 5.71. The van der Waals surface area contributed by atoms with Crippen LogP contribution in [0.4, 0.5) is 8.78 Å². The van der Waals surface area contributed by atoms with Gasteiger partial charge in [-0.05, 0) is 41.1 Å². The average Bonchev–Trinajstić information content (AvgIpc) is 3.03. The number of alkyl halides is 2. The lowest BCUT2D eigenvalue weighted by atomic mass is 9.57. The molecule has 2 N–H and O–H groups in total. The van der Waals surface area contributed by atoms with Crippen molar-refractivity contribution in [2.24, 2.45) is 0 Å². The third-order valence-corrected chi connectivity index (χ3v) is 6.22. The number of hydrogen-bond donors (Lipinski definition) is 2. The molecule has 7 nitrogen and oxygen atoms in total. The first-order chi connectivity index (χ1) is 16.3. The van der Waals surface area contributed by atoms with Crippen LogP contribution in [-0.2, 0) is 25.6 Å². The van der Waals surface area contributed by atoms with E-state index in [4.69, 9.17) is 35.1 Å². The fraction of sp³-hybridized carbons (Fsp3) is 0.273. The molecule has 172 valence electrons. The maximum absolute atomic E-state index is 14.7. The standard InChI is InChI=1S/C22H15B3ClF2N3O4/c23-17-14-9-11(3-6-13(14)19(34)31(17)15-7-8-16(32)29-18(15)33)22(24,25)30-20(35)21(27,28)10-1-4-12(26)5-2-10/h1-6,9,15,17H,7-8H2,(H,30,35)(H,29,32,33). The molecule has 2 aliphatic heterocycles. The molecule has 2 unspecified atom stereocenters. The van der Waals surface area contributed by atoms with Gasteiger partial charge in [-0.3, -0.25) is 24.5 Å². The highest BCUT2D eigenvalue weighted by Crippen LogP contribution is 2.37. The minimum Gasteiger partial charge on any atom is -0.358 e. The number of halogens is 3. The zero-order valence-electron chi connectivity index (χ0n) is 18.1. The van der Waals surface area contributed by atoms with Gasteiger partial charge in [0.05, 0.1) is 15.7 Å². The number of carbonyl (C=O) groups is 4. The molecule has 1 fully saturated rings. The summed E-state index contributed by atoms with van der Waals surface area (Å²) < 4.78 is 29.4. The minimum atomic E-state index is -3.97. The van der Waals surface area contributed by atoms with Gasteiger partial charge in [-0.25, -0.2) is 0 Å². The van der Waals surface area contributed by atoms with Crippen molar-refractivity contribution in [3.05, 3.63) is 69.7 Å². The van der Waals surface area contributed by atoms with Crippen molar-refractivity contribution in [2.45, 2.75) is 36.1 Å². The summed E-state index contributed by atoms with van der Waals surface area (Å²) in [7, 11) is 18.2. The summed E-state index contributed by atoms with van der Waals surface area (Å²) in [5.41, 5.74) is -0.239. The van der Waals surface area contributed by atoms with Gasteiger partial charge in [-0.1, -0.05) is 35.9 Å². The maximum Gasteiger partial charge on any atom is 0.349 e. The van der Waals surface area contributed by atoms with Crippen molar-refractivity contribution in [3.8, 4) is 0 Å². The second kappa shape index (κ2) is 8.82. The molecule has 1 saturated heterocycles. The fourth-order valence-corrected chi connectivity index (χ4v) is 4.21. The molecule has 2 atom stereocenters. The van der Waals surface area contributed by atoms with Crippen molar-refractivity contribution in [2.75, 3.05) is 0 Å². The summed E-state index contributed by atoms with van der Waals surface area (Å²) in [5, 5.41) is 2.05. The van der Waals surface area contributed by atoms with E-state index in [-0.39, 0.29) is 34.6 Å². The van der Waals surface area contributed by atoms with E-state index in [1.54, 1.807) is 0 Å². The number of nitrogens with zero attached hydrogens (tertiary/aromatic N) is 1. The third kappa shape index (κ3) is 4.47. The van der Waals surface area contributed by atoms with Crippen LogP contribution in [0, 0.1) is 0 Å². The van der Waals surface area contributed by atoms with E-state index >= 15 is 0 Å². The molecule has 2 aromatic rings. The van der Waals surface area contributed by atoms with E-state index in [1.807, 2.05) is 5.32 Å². The van der Waals surface area contributed by atoms with Crippen molar-refractivity contribution in [1.82, 2.24) is 15.5 Å². The Morgan fingerprint density at radius 3 is 2.34 bits per heavy atom. The number of nitrogens with one attached hydrogen (secondary N) is 2. The second-order valence-electron chi connectivity index (χ2n) is 8.33. The third-order valence-electron chi connectivity index (χ3n) is 5.97. The molecule has 2 heterocycles. The molecular weight excluding hydrogens is 476 g/mol. The molecule has 2 aromatic carbocycles. The van der Waals surface area contributed by atoms with E-state index in [0.29, 0.717) is 0 Å². The summed E-state index contributed by atoms with van der Waals surface area (Å²) in [6, 6.07) is 7.39. The van der Waals surface area contributed by atoms with Crippen molar-refractivity contribution in [3.63, 3.8) is 0 Å². The summed E-state index contributed by atoms with van der Waals surface area (Å²) in [6.07, 6.45) is 0.135. The van der Waals surface area contributed by atoms with Gasteiger partial charge in [0.1, 0.15) is 13.9 Å². The smallest absolute Gasteiger partial charge is 0.349 e. The highest BCUT2D eigenvalue weighted by Gasteiger charge is 2.45. The first-order valence-electron chi connectivity index (χ1n) is 10.4. The predicted octanol–water partition coefficient (Wildman–Crippen LogP) is 1.12. The van der Waals surface area contributed by atoms with Crippen LogP contribution < -0.4 is 10.6 Å². The number of fused-ring (bicyclic) bond motifs is 1. The normalized spacial score (nSPS) is 20.4. The molecule has 13 heteroatoms. The Labute approximate surface area is 208 Å². The van der Waals surface area contributed by atoms with Crippen LogP contribution in [0.25, 0.3) is 0 Å². The lowest BCUT2D eigenvalue weighted by molar-refractivity contribution is -0.147. The van der Waals surface area contributed by atoms with E-state index in [1.165, 1.54) is 30.3 Å². The number of hydrogen-bond acceptors (Lipinski definition) is 4. The number of piperidine rings is 1. The Kier molecular flexibility index (Phi) is 6.29. The van der Waals surface area contributed by atoms with Gasteiger partial charge < -0.3 is 10.2 Å². The molecule has 4 amide bonds. The van der Waals surface area contributed by atoms with Gasteiger partial charge in [0.2, 0.25) is 11.8 Å². The topological polar surface area (TPSA) is 95.6 Å². The number of rotatable bonds is 5. The van der Waals surface area contributed by atoms with E-state index < -0.39 is 52.4 Å². The lowest BCUT2D eigenvalue weighted by Gasteiger charge is -2.33. The Bertz CT molecular complexity index is 1240. The number of benzene rings is 2. The van der Waals surface area contributed by atoms with Gasteiger partial charge in [0.25, 0.3) is 11.8 Å². The van der Waals surface area contributed by atoms with Crippen LogP contribution in [-0.4, -0.2) is 58.1 Å². The van der Waals surface area contributed by atoms with Gasteiger partial charge in [0.15, 0.2) is 0 Å². The van der Waals surface area contributed by atoms with Gasteiger partial charge >= 0.3 is 5.92 Å². The van der Waals surface area contributed by atoms with Crippen LogP contribution in [0.15, 0.2) is 42.5 Å². The molecule has 0 aromatic heterocycles. The maximum atomic E-state index is 14.7. The monoisotopic (exact) mass is 491 g/mol. The number of carbonyl (C=O) groups excluding carboxylic acids is 4. The van der Waals surface area contributed by atoms with Gasteiger partial charge in [-0.15, -0.1) is 0 Å². The SMILES string of the molecule is [B]C1c2cc(C([B])([B])NC(=O)C(F)(F)c3ccc(Cl)cc3)ccc2C(=O)N1C1CCC(=O)NC1=O. The molecule has 6 radical (unpaired) electrons. The van der Waals surface area contributed by atoms with Crippen LogP contribution in [0.3, 0.4) is 0 Å². The lowest BCUT2D eigenvalue weighted by Crippen LogP contribution is -2.53. The molecule has 2 aliphatic rings. The van der Waals surface area contributed by atoms with Gasteiger partial charge in [-0.2, -0.15) is 8.78 Å². The average molecular weight is 491 g/mol. The minimum absolute atomic E-state index is 0.00937. The molecule has 0 spiro atoms. The van der Waals surface area contributed by atoms with Crippen molar-refractivity contribution < 1.29 is 28.0 Å². The quantitative estimate of drug-likeness (QED) is 0.485. The molecule has 0 saturated carbocycles. The zero-order valence-corrected chi connectivity index (χ0v) is 18.8. The Morgan fingerprint density at radius 2 is 1.71 bits per heavy atom. The Balaban J connectivity index is 1.57. The number of imide groups is 1. The van der Waals surface area contributed by atoms with E-state index in [0.717, 1.165) is 17.0 Å². The number of amides is 4. The Hall–Kier alpha value is -3.14. The molecular formula is C22H15B3ClF2N3O4. The summed E-state index contributed by atoms with van der Waals surface area (Å²) in [5.74, 6) is -8.47. The Morgan fingerprint density at radius 1 is 1.09 bits per heavy atom. The highest BCUT2D eigenvalue weighted by atomic mass is 35.5. The summed E-state index contributed by atoms with van der Waals surface area (Å²) in [6.45, 7) is 0. The molecule has 0 bridgehead atoms. The fourth-order valence-electron chi connectivity index (χ4n) is 4.09. The van der Waals surface area contributed by atoms with Crippen LogP contribution >= 0.6 is 11.6 Å².